The Balaban J connectivity index is 1.58. The molecule has 3 heterocycles. The number of nitrogens with one attached hydrogen (secondary N) is 1. The van der Waals surface area contributed by atoms with Gasteiger partial charge in [0, 0.05) is 50.6 Å². The first-order chi connectivity index (χ1) is 16.5. The quantitative estimate of drug-likeness (QED) is 0.343. The summed E-state index contributed by atoms with van der Waals surface area (Å²) in [5.74, 6) is 0.719. The lowest BCUT2D eigenvalue weighted by atomic mass is 9.73. The van der Waals surface area contributed by atoms with Crippen LogP contribution in [0.15, 0.2) is 77.3 Å². The SMILES string of the molecule is Cc1nn(-c2ccccc2)c2c1C(c1cc(Cl)ccc1O)C1=C(CC(c3cccs3)CC1=O)N2. The predicted molar refractivity (Wildman–Crippen MR) is 135 cm³/mol. The Morgan fingerprint density at radius 2 is 1.94 bits per heavy atom. The topological polar surface area (TPSA) is 67.1 Å². The van der Waals surface area contributed by atoms with E-state index in [1.165, 1.54) is 4.88 Å². The molecule has 34 heavy (non-hydrogen) atoms. The first kappa shape index (κ1) is 21.2. The summed E-state index contributed by atoms with van der Waals surface area (Å²) in [5.41, 5.74) is 4.84. The number of hydrogen-bond acceptors (Lipinski definition) is 5. The number of halogens is 1. The molecule has 2 unspecified atom stereocenters. The minimum absolute atomic E-state index is 0.0917. The van der Waals surface area contributed by atoms with Crippen LogP contribution >= 0.6 is 22.9 Å². The molecule has 0 radical (unpaired) electrons. The molecule has 0 spiro atoms. The van der Waals surface area contributed by atoms with Gasteiger partial charge in [0.2, 0.25) is 0 Å². The van der Waals surface area contributed by atoms with Crippen molar-refractivity contribution in [1.29, 1.82) is 0 Å². The van der Waals surface area contributed by atoms with Crippen LogP contribution in [-0.4, -0.2) is 20.7 Å². The number of nitrogens with zero attached hydrogens (tertiary/aromatic N) is 2. The first-order valence-electron chi connectivity index (χ1n) is 11.2. The van der Waals surface area contributed by atoms with Crippen LogP contribution in [-0.2, 0) is 4.79 Å². The van der Waals surface area contributed by atoms with Crippen LogP contribution in [0.4, 0.5) is 5.82 Å². The number of para-hydroxylation sites is 1. The average molecular weight is 488 g/mol. The van der Waals surface area contributed by atoms with Gasteiger partial charge in [-0.1, -0.05) is 35.9 Å². The van der Waals surface area contributed by atoms with Crippen molar-refractivity contribution in [1.82, 2.24) is 9.78 Å². The van der Waals surface area contributed by atoms with Gasteiger partial charge in [-0.05, 0) is 55.1 Å². The second-order valence-corrected chi connectivity index (χ2v) is 10.2. The molecule has 0 saturated heterocycles. The fraction of sp³-hybridized carbons (Fsp3) is 0.185. The van der Waals surface area contributed by atoms with E-state index in [0.29, 0.717) is 22.6 Å². The number of carbonyl (C=O) groups excluding carboxylic acids is 1. The zero-order valence-corrected chi connectivity index (χ0v) is 20.0. The third-order valence-electron chi connectivity index (χ3n) is 6.71. The number of aromatic hydroxyl groups is 1. The molecule has 0 amide bonds. The van der Waals surface area contributed by atoms with Crippen molar-refractivity contribution >= 4 is 34.5 Å². The number of aromatic nitrogens is 2. The molecule has 1 aliphatic heterocycles. The fourth-order valence-electron chi connectivity index (χ4n) is 5.22. The van der Waals surface area contributed by atoms with Crippen LogP contribution in [0.1, 0.15) is 46.4 Å². The molecule has 2 N–H and O–H groups in total. The highest BCUT2D eigenvalue weighted by molar-refractivity contribution is 7.10. The lowest BCUT2D eigenvalue weighted by molar-refractivity contribution is -0.116. The summed E-state index contributed by atoms with van der Waals surface area (Å²) in [5, 5.41) is 21.9. The number of rotatable bonds is 3. The highest BCUT2D eigenvalue weighted by atomic mass is 35.5. The van der Waals surface area contributed by atoms with Crippen molar-refractivity contribution in [2.45, 2.75) is 31.6 Å². The number of ketones is 1. The standard InChI is InChI=1S/C27H22ClN3O2S/c1-15-24-25(19-14-17(28)9-10-21(19)32)26-20(12-16(13-22(26)33)23-8-5-11-34-23)29-27(24)31(30-15)18-6-3-2-4-7-18/h2-11,14,16,25,29,32H,12-13H2,1H3. The van der Waals surface area contributed by atoms with E-state index >= 15 is 0 Å². The van der Waals surface area contributed by atoms with Gasteiger partial charge in [-0.15, -0.1) is 11.3 Å². The Morgan fingerprint density at radius 1 is 1.12 bits per heavy atom. The average Bonchev–Trinajstić information content (AvgIpc) is 3.49. The Bertz CT molecular complexity index is 1440. The minimum Gasteiger partial charge on any atom is -0.508 e. The van der Waals surface area contributed by atoms with E-state index in [0.717, 1.165) is 34.9 Å². The number of aryl methyl sites for hydroxylation is 1. The number of carbonyl (C=O) groups is 1. The molecule has 2 aliphatic rings. The van der Waals surface area contributed by atoms with E-state index in [1.54, 1.807) is 29.5 Å². The molecule has 2 atom stereocenters. The van der Waals surface area contributed by atoms with Crippen molar-refractivity contribution in [2.24, 2.45) is 0 Å². The van der Waals surface area contributed by atoms with Gasteiger partial charge in [0.1, 0.15) is 11.6 Å². The second-order valence-electron chi connectivity index (χ2n) is 8.79. The van der Waals surface area contributed by atoms with Crippen LogP contribution in [0, 0.1) is 6.92 Å². The third kappa shape index (κ3) is 3.37. The van der Waals surface area contributed by atoms with Gasteiger partial charge in [0.05, 0.1) is 11.4 Å². The number of fused-ring (bicyclic) bond motifs is 1. The Morgan fingerprint density at radius 3 is 2.71 bits per heavy atom. The minimum atomic E-state index is -0.445. The normalized spacial score (nSPS) is 19.5. The van der Waals surface area contributed by atoms with E-state index in [4.69, 9.17) is 16.7 Å². The maximum atomic E-state index is 13.7. The largest absolute Gasteiger partial charge is 0.508 e. The summed E-state index contributed by atoms with van der Waals surface area (Å²) in [6.45, 7) is 1.95. The molecular weight excluding hydrogens is 466 g/mol. The van der Waals surface area contributed by atoms with Gasteiger partial charge >= 0.3 is 0 Å². The third-order valence-corrected chi connectivity index (χ3v) is 7.98. The monoisotopic (exact) mass is 487 g/mol. The highest BCUT2D eigenvalue weighted by Crippen LogP contribution is 2.51. The van der Waals surface area contributed by atoms with Crippen molar-refractivity contribution in [2.75, 3.05) is 5.32 Å². The van der Waals surface area contributed by atoms with Crippen LogP contribution in [0.3, 0.4) is 0 Å². The van der Waals surface area contributed by atoms with Crippen molar-refractivity contribution < 1.29 is 9.90 Å². The van der Waals surface area contributed by atoms with Crippen LogP contribution in [0.2, 0.25) is 5.02 Å². The van der Waals surface area contributed by atoms with E-state index in [-0.39, 0.29) is 17.5 Å². The van der Waals surface area contributed by atoms with Crippen LogP contribution in [0.5, 0.6) is 5.75 Å². The molecule has 6 rings (SSSR count). The molecule has 0 bridgehead atoms. The molecule has 2 aromatic heterocycles. The van der Waals surface area contributed by atoms with Crippen molar-refractivity contribution in [3.8, 4) is 11.4 Å². The van der Waals surface area contributed by atoms with Gasteiger partial charge in [0.25, 0.3) is 0 Å². The van der Waals surface area contributed by atoms with Crippen molar-refractivity contribution in [3.05, 3.63) is 104 Å². The van der Waals surface area contributed by atoms with Gasteiger partial charge in [-0.25, -0.2) is 4.68 Å². The van der Waals surface area contributed by atoms with E-state index in [2.05, 4.69) is 16.8 Å². The predicted octanol–water partition coefficient (Wildman–Crippen LogP) is 6.56. The van der Waals surface area contributed by atoms with E-state index < -0.39 is 5.92 Å². The van der Waals surface area contributed by atoms with Crippen molar-refractivity contribution in [3.63, 3.8) is 0 Å². The summed E-state index contributed by atoms with van der Waals surface area (Å²) >= 11 is 8.04. The number of Topliss-reactive ketones (excluding diaryl/α,β-unsaturated/α-hetero) is 1. The van der Waals surface area contributed by atoms with Gasteiger partial charge < -0.3 is 10.4 Å². The molecule has 1 aliphatic carbocycles. The Labute approximate surface area is 206 Å². The molecular formula is C27H22ClN3O2S. The van der Waals surface area contributed by atoms with Gasteiger partial charge in [0.15, 0.2) is 5.78 Å². The number of allylic oxidation sites excluding steroid dienone is 2. The number of thiophene rings is 1. The molecule has 4 aromatic rings. The molecule has 2 aromatic carbocycles. The molecule has 0 fully saturated rings. The zero-order chi connectivity index (χ0) is 23.4. The van der Waals surface area contributed by atoms with E-state index in [9.17, 15) is 9.90 Å². The number of benzene rings is 2. The maximum Gasteiger partial charge on any atom is 0.162 e. The Hall–Kier alpha value is -3.35. The molecule has 170 valence electrons. The summed E-state index contributed by atoms with van der Waals surface area (Å²) in [4.78, 5) is 14.9. The Kier molecular flexibility index (Phi) is 5.08. The summed E-state index contributed by atoms with van der Waals surface area (Å²) in [7, 11) is 0. The number of hydrogen-bond donors (Lipinski definition) is 2. The lowest BCUT2D eigenvalue weighted by Gasteiger charge is -2.35. The smallest absolute Gasteiger partial charge is 0.162 e. The first-order valence-corrected chi connectivity index (χ1v) is 12.5. The number of phenols is 1. The molecule has 5 nitrogen and oxygen atoms in total. The van der Waals surface area contributed by atoms with Gasteiger partial charge in [-0.2, -0.15) is 5.10 Å². The summed E-state index contributed by atoms with van der Waals surface area (Å²) in [6.07, 6.45) is 1.16. The molecule has 7 heteroatoms. The highest BCUT2D eigenvalue weighted by Gasteiger charge is 2.42. The van der Waals surface area contributed by atoms with Gasteiger partial charge in [-0.3, -0.25) is 4.79 Å². The summed E-state index contributed by atoms with van der Waals surface area (Å²) in [6, 6.07) is 19.1. The lowest BCUT2D eigenvalue weighted by Crippen LogP contribution is -2.30. The van der Waals surface area contributed by atoms with E-state index in [1.807, 2.05) is 48.0 Å². The number of phenolic OH excluding ortho intramolecular Hbond substituents is 1. The maximum absolute atomic E-state index is 13.7. The number of anilines is 1. The fourth-order valence-corrected chi connectivity index (χ4v) is 6.24. The van der Waals surface area contributed by atoms with Crippen LogP contribution in [0.25, 0.3) is 5.69 Å². The second kappa shape index (κ2) is 8.15. The molecule has 0 saturated carbocycles. The van der Waals surface area contributed by atoms with Crippen LogP contribution < -0.4 is 5.32 Å². The zero-order valence-electron chi connectivity index (χ0n) is 18.5. The summed E-state index contributed by atoms with van der Waals surface area (Å²) < 4.78 is 1.89.